The normalized spacial score (nSPS) is 11.2. The van der Waals surface area contributed by atoms with Gasteiger partial charge in [-0.25, -0.2) is 14.8 Å². The van der Waals surface area contributed by atoms with Crippen LogP contribution in [0.25, 0.3) is 0 Å². The monoisotopic (exact) mass is 421 g/mol. The highest BCUT2D eigenvalue weighted by atomic mass is 32.1. The maximum Gasteiger partial charge on any atom is 0.416 e. The number of carbonyl (C=O) groups is 2. The van der Waals surface area contributed by atoms with E-state index in [4.69, 9.17) is 0 Å². The van der Waals surface area contributed by atoms with E-state index in [9.17, 15) is 22.8 Å². The van der Waals surface area contributed by atoms with Gasteiger partial charge in [-0.3, -0.25) is 10.1 Å². The van der Waals surface area contributed by atoms with Gasteiger partial charge in [-0.1, -0.05) is 18.2 Å². The van der Waals surface area contributed by atoms with Gasteiger partial charge < -0.3 is 4.74 Å². The Morgan fingerprint density at radius 2 is 1.79 bits per heavy atom. The molecule has 29 heavy (non-hydrogen) atoms. The number of nitrogens with one attached hydrogen (secondary N) is 1. The summed E-state index contributed by atoms with van der Waals surface area (Å²) in [6.07, 6.45) is -2.46. The molecule has 2 heterocycles. The third kappa shape index (κ3) is 5.17. The second-order valence-electron chi connectivity index (χ2n) is 5.86. The molecule has 3 aromatic rings. The molecule has 3 rings (SSSR count). The first kappa shape index (κ1) is 20.5. The van der Waals surface area contributed by atoms with Gasteiger partial charge in [0.25, 0.3) is 5.91 Å². The molecule has 2 aromatic heterocycles. The molecule has 0 unspecified atom stereocenters. The van der Waals surface area contributed by atoms with Gasteiger partial charge in [0.1, 0.15) is 11.4 Å². The summed E-state index contributed by atoms with van der Waals surface area (Å²) in [6.45, 7) is 0. The van der Waals surface area contributed by atoms with Crippen LogP contribution in [0.1, 0.15) is 37.0 Å². The predicted octanol–water partition coefficient (Wildman–Crippen LogP) is 4.19. The summed E-state index contributed by atoms with van der Waals surface area (Å²) in [4.78, 5) is 32.6. The molecular formula is C19H14F3N3O3S. The zero-order chi connectivity index (χ0) is 21.0. The Morgan fingerprint density at radius 3 is 2.45 bits per heavy atom. The van der Waals surface area contributed by atoms with Crippen molar-refractivity contribution in [3.63, 3.8) is 0 Å². The lowest BCUT2D eigenvalue weighted by atomic mass is 10.1. The van der Waals surface area contributed by atoms with Crippen LogP contribution in [0, 0.1) is 0 Å². The molecule has 1 N–H and O–H groups in total. The Balaban J connectivity index is 1.66. The Hall–Kier alpha value is -3.27. The SMILES string of the molecule is COC(=O)c1cccc(C(=O)Nc2ncc(Cc3ccc(C(F)(F)F)cc3)s2)n1. The molecule has 10 heteroatoms. The molecule has 0 saturated carbocycles. The van der Waals surface area contributed by atoms with E-state index in [1.807, 2.05) is 0 Å². The van der Waals surface area contributed by atoms with E-state index in [1.165, 1.54) is 55.0 Å². The average Bonchev–Trinajstić information content (AvgIpc) is 3.13. The fourth-order valence-electron chi connectivity index (χ4n) is 2.40. The number of esters is 1. The first-order valence-electron chi connectivity index (χ1n) is 8.24. The van der Waals surface area contributed by atoms with Crippen molar-refractivity contribution in [1.29, 1.82) is 0 Å². The summed E-state index contributed by atoms with van der Waals surface area (Å²) >= 11 is 1.19. The van der Waals surface area contributed by atoms with Crippen molar-refractivity contribution in [3.05, 3.63) is 76.1 Å². The minimum absolute atomic E-state index is 0.00211. The van der Waals surface area contributed by atoms with Gasteiger partial charge in [0, 0.05) is 17.5 Å². The summed E-state index contributed by atoms with van der Waals surface area (Å²) in [5.74, 6) is -1.21. The minimum Gasteiger partial charge on any atom is -0.464 e. The number of hydrogen-bond donors (Lipinski definition) is 1. The zero-order valence-electron chi connectivity index (χ0n) is 15.0. The maximum atomic E-state index is 12.6. The molecule has 150 valence electrons. The number of thiazole rings is 1. The third-order valence-corrected chi connectivity index (χ3v) is 4.72. The fraction of sp³-hybridized carbons (Fsp3) is 0.158. The molecule has 0 bridgehead atoms. The first-order valence-corrected chi connectivity index (χ1v) is 9.05. The first-order chi connectivity index (χ1) is 13.8. The number of ether oxygens (including phenoxy) is 1. The number of hydrogen-bond acceptors (Lipinski definition) is 6. The van der Waals surface area contributed by atoms with Crippen LogP contribution in [0.4, 0.5) is 18.3 Å². The Bertz CT molecular complexity index is 1030. The van der Waals surface area contributed by atoms with Crippen LogP contribution in [-0.2, 0) is 17.3 Å². The van der Waals surface area contributed by atoms with Gasteiger partial charge in [0.05, 0.1) is 12.7 Å². The summed E-state index contributed by atoms with van der Waals surface area (Å²) in [5, 5.41) is 2.89. The lowest BCUT2D eigenvalue weighted by molar-refractivity contribution is -0.137. The van der Waals surface area contributed by atoms with Crippen molar-refractivity contribution < 1.29 is 27.5 Å². The number of halogens is 3. The van der Waals surface area contributed by atoms with Gasteiger partial charge >= 0.3 is 12.1 Å². The van der Waals surface area contributed by atoms with Gasteiger partial charge in [-0.2, -0.15) is 13.2 Å². The Kier molecular flexibility index (Phi) is 5.92. The molecule has 0 aliphatic rings. The molecule has 0 fully saturated rings. The molecule has 0 aliphatic carbocycles. The van der Waals surface area contributed by atoms with Crippen molar-refractivity contribution in [3.8, 4) is 0 Å². The third-order valence-electron chi connectivity index (χ3n) is 3.81. The molecule has 0 spiro atoms. The Morgan fingerprint density at radius 1 is 1.10 bits per heavy atom. The number of nitrogens with zero attached hydrogens (tertiary/aromatic N) is 2. The number of rotatable bonds is 5. The minimum atomic E-state index is -4.38. The number of carbonyl (C=O) groups excluding carboxylic acids is 2. The summed E-state index contributed by atoms with van der Waals surface area (Å²) in [5.41, 5.74) is 0.00170. The van der Waals surface area contributed by atoms with E-state index in [-0.39, 0.29) is 11.4 Å². The standard InChI is InChI=1S/C19H14F3N3O3S/c1-28-17(27)15-4-2-3-14(24-15)16(26)25-18-23-10-13(29-18)9-11-5-7-12(8-6-11)19(20,21)22/h2-8,10H,9H2,1H3,(H,23,25,26). The van der Waals surface area contributed by atoms with Crippen LogP contribution < -0.4 is 5.32 Å². The molecule has 0 saturated heterocycles. The van der Waals surface area contributed by atoms with Crippen molar-refractivity contribution in [2.75, 3.05) is 12.4 Å². The lowest BCUT2D eigenvalue weighted by Gasteiger charge is -2.06. The van der Waals surface area contributed by atoms with Crippen LogP contribution >= 0.6 is 11.3 Å². The summed E-state index contributed by atoms with van der Waals surface area (Å²) < 4.78 is 42.4. The zero-order valence-corrected chi connectivity index (χ0v) is 15.8. The quantitative estimate of drug-likeness (QED) is 0.625. The number of alkyl halides is 3. The van der Waals surface area contributed by atoms with Crippen LogP contribution in [0.15, 0.2) is 48.7 Å². The van der Waals surface area contributed by atoms with Crippen molar-refractivity contribution >= 4 is 28.3 Å². The second-order valence-corrected chi connectivity index (χ2v) is 6.97. The largest absolute Gasteiger partial charge is 0.464 e. The number of amides is 1. The molecule has 0 radical (unpaired) electrons. The second kappa shape index (κ2) is 8.39. The van der Waals surface area contributed by atoms with E-state index in [2.05, 4.69) is 20.0 Å². The lowest BCUT2D eigenvalue weighted by Crippen LogP contribution is -2.15. The number of pyridine rings is 1. The van der Waals surface area contributed by atoms with Crippen molar-refractivity contribution in [1.82, 2.24) is 9.97 Å². The molecule has 6 nitrogen and oxygen atoms in total. The van der Waals surface area contributed by atoms with E-state index < -0.39 is 23.6 Å². The van der Waals surface area contributed by atoms with E-state index in [1.54, 1.807) is 0 Å². The fourth-order valence-corrected chi connectivity index (χ4v) is 3.24. The summed E-state index contributed by atoms with van der Waals surface area (Å²) in [7, 11) is 1.21. The van der Waals surface area contributed by atoms with E-state index >= 15 is 0 Å². The summed E-state index contributed by atoms with van der Waals surface area (Å²) in [6, 6.07) is 9.24. The van der Waals surface area contributed by atoms with Gasteiger partial charge in [0.15, 0.2) is 5.13 Å². The Labute approximate surface area is 167 Å². The molecular weight excluding hydrogens is 407 g/mol. The smallest absolute Gasteiger partial charge is 0.416 e. The number of aromatic nitrogens is 2. The van der Waals surface area contributed by atoms with E-state index in [0.717, 1.165) is 17.0 Å². The molecule has 1 aromatic carbocycles. The average molecular weight is 421 g/mol. The number of anilines is 1. The number of benzene rings is 1. The maximum absolute atomic E-state index is 12.6. The highest BCUT2D eigenvalue weighted by Crippen LogP contribution is 2.30. The van der Waals surface area contributed by atoms with Gasteiger partial charge in [-0.05, 0) is 29.8 Å². The molecule has 0 aliphatic heterocycles. The van der Waals surface area contributed by atoms with Crippen LogP contribution in [0.5, 0.6) is 0 Å². The van der Waals surface area contributed by atoms with Gasteiger partial charge in [0.2, 0.25) is 0 Å². The van der Waals surface area contributed by atoms with Gasteiger partial charge in [-0.15, -0.1) is 11.3 Å². The molecule has 1 amide bonds. The highest BCUT2D eigenvalue weighted by molar-refractivity contribution is 7.15. The van der Waals surface area contributed by atoms with E-state index in [0.29, 0.717) is 17.1 Å². The number of methoxy groups -OCH3 is 1. The van der Waals surface area contributed by atoms with Crippen molar-refractivity contribution in [2.45, 2.75) is 12.6 Å². The predicted molar refractivity (Wildman–Crippen MR) is 99.9 cm³/mol. The highest BCUT2D eigenvalue weighted by Gasteiger charge is 2.29. The topological polar surface area (TPSA) is 81.2 Å². The van der Waals surface area contributed by atoms with Crippen LogP contribution in [0.3, 0.4) is 0 Å². The molecule has 0 atom stereocenters. The van der Waals surface area contributed by atoms with Crippen molar-refractivity contribution in [2.24, 2.45) is 0 Å². The van der Waals surface area contributed by atoms with Crippen LogP contribution in [-0.4, -0.2) is 29.0 Å². The van der Waals surface area contributed by atoms with Crippen LogP contribution in [0.2, 0.25) is 0 Å².